The number of rotatable bonds is 5. The Hall–Kier alpha value is -3.00. The van der Waals surface area contributed by atoms with Gasteiger partial charge >= 0.3 is 0 Å². The van der Waals surface area contributed by atoms with E-state index in [9.17, 15) is 9.59 Å². The molecule has 1 aliphatic heterocycles. The summed E-state index contributed by atoms with van der Waals surface area (Å²) in [5.74, 6) is 0.587. The lowest BCUT2D eigenvalue weighted by atomic mass is 10.2. The van der Waals surface area contributed by atoms with Crippen LogP contribution in [0.25, 0.3) is 0 Å². The van der Waals surface area contributed by atoms with Gasteiger partial charge in [0, 0.05) is 37.8 Å². The molecule has 3 rings (SSSR count). The van der Waals surface area contributed by atoms with Crippen LogP contribution in [0.4, 0.5) is 11.6 Å². The number of hydrogen-bond acceptors (Lipinski definition) is 6. The smallest absolute Gasteiger partial charge is 0.251 e. The molecular formula is C18H22N6O2. The van der Waals surface area contributed by atoms with Crippen molar-refractivity contribution in [2.45, 2.75) is 0 Å². The fourth-order valence-electron chi connectivity index (χ4n) is 2.66. The zero-order chi connectivity index (χ0) is 18.4. The Balaban J connectivity index is 1.53. The fourth-order valence-corrected chi connectivity index (χ4v) is 2.66. The van der Waals surface area contributed by atoms with Gasteiger partial charge < -0.3 is 20.4 Å². The van der Waals surface area contributed by atoms with E-state index < -0.39 is 0 Å². The van der Waals surface area contributed by atoms with Gasteiger partial charge in [-0.1, -0.05) is 18.2 Å². The molecule has 1 fully saturated rings. The van der Waals surface area contributed by atoms with Gasteiger partial charge in [0.1, 0.15) is 18.0 Å². The molecule has 26 heavy (non-hydrogen) atoms. The molecule has 1 aromatic heterocycles. The number of anilines is 2. The van der Waals surface area contributed by atoms with Crippen molar-refractivity contribution in [2.75, 3.05) is 50.0 Å². The van der Waals surface area contributed by atoms with Crippen LogP contribution in [0.15, 0.2) is 42.7 Å². The molecule has 0 saturated carbocycles. The van der Waals surface area contributed by atoms with Crippen molar-refractivity contribution in [3.63, 3.8) is 0 Å². The van der Waals surface area contributed by atoms with Crippen LogP contribution < -0.4 is 15.5 Å². The summed E-state index contributed by atoms with van der Waals surface area (Å²) < 4.78 is 0. The normalized spacial score (nSPS) is 14.7. The van der Waals surface area contributed by atoms with E-state index >= 15 is 0 Å². The summed E-state index contributed by atoms with van der Waals surface area (Å²) in [7, 11) is 2.09. The SMILES string of the molecule is CN1CCN(c2cc(NC(=O)CNC(=O)c3ccccc3)ncn2)CC1. The van der Waals surface area contributed by atoms with Gasteiger partial charge in [-0.15, -0.1) is 0 Å². The molecule has 2 heterocycles. The highest BCUT2D eigenvalue weighted by Gasteiger charge is 2.16. The minimum Gasteiger partial charge on any atom is -0.354 e. The van der Waals surface area contributed by atoms with Gasteiger partial charge in [0.15, 0.2) is 0 Å². The Kier molecular flexibility index (Phi) is 5.75. The van der Waals surface area contributed by atoms with Crippen molar-refractivity contribution >= 4 is 23.5 Å². The molecular weight excluding hydrogens is 332 g/mol. The van der Waals surface area contributed by atoms with E-state index in [-0.39, 0.29) is 18.4 Å². The summed E-state index contributed by atoms with van der Waals surface area (Å²) >= 11 is 0. The van der Waals surface area contributed by atoms with Gasteiger partial charge in [0.2, 0.25) is 5.91 Å². The Bertz CT molecular complexity index is 759. The molecule has 2 aromatic rings. The molecule has 0 bridgehead atoms. The van der Waals surface area contributed by atoms with Crippen LogP contribution in [-0.2, 0) is 4.79 Å². The van der Waals surface area contributed by atoms with Crippen LogP contribution in [0.5, 0.6) is 0 Å². The number of likely N-dealkylation sites (N-methyl/N-ethyl adjacent to an activating group) is 1. The van der Waals surface area contributed by atoms with Crippen LogP contribution in [0, 0.1) is 0 Å². The Morgan fingerprint density at radius 1 is 1.08 bits per heavy atom. The average Bonchev–Trinajstić information content (AvgIpc) is 2.67. The van der Waals surface area contributed by atoms with Crippen molar-refractivity contribution in [3.05, 3.63) is 48.3 Å². The third kappa shape index (κ3) is 4.76. The first-order valence-corrected chi connectivity index (χ1v) is 8.50. The summed E-state index contributed by atoms with van der Waals surface area (Å²) in [6.45, 7) is 3.58. The fraction of sp³-hybridized carbons (Fsp3) is 0.333. The van der Waals surface area contributed by atoms with Gasteiger partial charge in [-0.2, -0.15) is 0 Å². The summed E-state index contributed by atoms with van der Waals surface area (Å²) in [4.78, 5) is 36.8. The van der Waals surface area contributed by atoms with E-state index in [1.165, 1.54) is 6.33 Å². The maximum Gasteiger partial charge on any atom is 0.251 e. The monoisotopic (exact) mass is 354 g/mol. The highest BCUT2D eigenvalue weighted by molar-refractivity contribution is 5.99. The number of carbonyl (C=O) groups excluding carboxylic acids is 2. The third-order valence-electron chi connectivity index (χ3n) is 4.19. The molecule has 1 aromatic carbocycles. The molecule has 136 valence electrons. The lowest BCUT2D eigenvalue weighted by Crippen LogP contribution is -2.44. The predicted molar refractivity (Wildman–Crippen MR) is 99.1 cm³/mol. The molecule has 2 N–H and O–H groups in total. The molecule has 0 aliphatic carbocycles. The number of hydrogen-bond donors (Lipinski definition) is 2. The second-order valence-corrected chi connectivity index (χ2v) is 6.15. The molecule has 8 nitrogen and oxygen atoms in total. The van der Waals surface area contributed by atoms with Crippen molar-refractivity contribution in [2.24, 2.45) is 0 Å². The van der Waals surface area contributed by atoms with Crippen molar-refractivity contribution < 1.29 is 9.59 Å². The van der Waals surface area contributed by atoms with Crippen molar-refractivity contribution in [3.8, 4) is 0 Å². The van der Waals surface area contributed by atoms with Crippen LogP contribution in [-0.4, -0.2) is 66.5 Å². The van der Waals surface area contributed by atoms with Gasteiger partial charge in [-0.3, -0.25) is 9.59 Å². The van der Waals surface area contributed by atoms with Crippen molar-refractivity contribution in [1.29, 1.82) is 0 Å². The predicted octanol–water partition coefficient (Wildman–Crippen LogP) is 0.597. The van der Waals surface area contributed by atoms with Crippen LogP contribution in [0.2, 0.25) is 0 Å². The molecule has 0 atom stereocenters. The first-order chi connectivity index (χ1) is 12.6. The standard InChI is InChI=1S/C18H22N6O2/c1-23-7-9-24(10-8-23)16-11-15(20-13-21-16)22-17(25)12-19-18(26)14-5-3-2-4-6-14/h2-6,11,13H,7-10,12H2,1H3,(H,19,26)(H,20,21,22,25). The summed E-state index contributed by atoms with van der Waals surface area (Å²) in [6, 6.07) is 10.5. The minimum absolute atomic E-state index is 0.123. The largest absolute Gasteiger partial charge is 0.354 e. The average molecular weight is 354 g/mol. The van der Waals surface area contributed by atoms with E-state index in [2.05, 4.69) is 37.4 Å². The number of amides is 2. The molecule has 1 saturated heterocycles. The Morgan fingerprint density at radius 3 is 2.54 bits per heavy atom. The quantitative estimate of drug-likeness (QED) is 0.817. The van der Waals surface area contributed by atoms with E-state index in [1.54, 1.807) is 30.3 Å². The second kappa shape index (κ2) is 8.39. The molecule has 8 heteroatoms. The maximum absolute atomic E-state index is 12.1. The van der Waals surface area contributed by atoms with E-state index in [0.29, 0.717) is 11.4 Å². The number of benzene rings is 1. The molecule has 2 amide bonds. The number of nitrogens with one attached hydrogen (secondary N) is 2. The zero-order valence-electron chi connectivity index (χ0n) is 14.7. The van der Waals surface area contributed by atoms with E-state index in [4.69, 9.17) is 0 Å². The first-order valence-electron chi connectivity index (χ1n) is 8.50. The molecule has 0 spiro atoms. The van der Waals surface area contributed by atoms with Crippen LogP contribution in [0.1, 0.15) is 10.4 Å². The lowest BCUT2D eigenvalue weighted by Gasteiger charge is -2.33. The second-order valence-electron chi connectivity index (χ2n) is 6.15. The first kappa shape index (κ1) is 17.8. The van der Waals surface area contributed by atoms with E-state index in [0.717, 1.165) is 32.0 Å². The number of carbonyl (C=O) groups is 2. The molecule has 1 aliphatic rings. The zero-order valence-corrected chi connectivity index (χ0v) is 14.7. The summed E-state index contributed by atoms with van der Waals surface area (Å²) in [6.07, 6.45) is 1.44. The number of piperazine rings is 1. The summed E-state index contributed by atoms with van der Waals surface area (Å²) in [5.41, 5.74) is 0.514. The van der Waals surface area contributed by atoms with Crippen LogP contribution >= 0.6 is 0 Å². The van der Waals surface area contributed by atoms with Gasteiger partial charge in [0.05, 0.1) is 6.54 Å². The number of nitrogens with zero attached hydrogens (tertiary/aromatic N) is 4. The minimum atomic E-state index is -0.336. The van der Waals surface area contributed by atoms with Crippen molar-refractivity contribution in [1.82, 2.24) is 20.2 Å². The summed E-state index contributed by atoms with van der Waals surface area (Å²) in [5, 5.41) is 5.29. The van der Waals surface area contributed by atoms with Crippen LogP contribution in [0.3, 0.4) is 0 Å². The maximum atomic E-state index is 12.1. The third-order valence-corrected chi connectivity index (χ3v) is 4.19. The van der Waals surface area contributed by atoms with Gasteiger partial charge in [0.25, 0.3) is 5.91 Å². The number of aromatic nitrogens is 2. The topological polar surface area (TPSA) is 90.5 Å². The highest BCUT2D eigenvalue weighted by Crippen LogP contribution is 2.15. The van der Waals surface area contributed by atoms with Gasteiger partial charge in [-0.05, 0) is 19.2 Å². The van der Waals surface area contributed by atoms with Gasteiger partial charge in [-0.25, -0.2) is 9.97 Å². The highest BCUT2D eigenvalue weighted by atomic mass is 16.2. The molecule has 0 unspecified atom stereocenters. The van der Waals surface area contributed by atoms with E-state index in [1.807, 2.05) is 6.07 Å². The molecule has 0 radical (unpaired) electrons. The Morgan fingerprint density at radius 2 is 1.81 bits per heavy atom. The Labute approximate surface area is 152 Å². The lowest BCUT2D eigenvalue weighted by molar-refractivity contribution is -0.115.